The van der Waals surface area contributed by atoms with Crippen LogP contribution in [0.5, 0.6) is 5.75 Å². The van der Waals surface area contributed by atoms with Crippen molar-refractivity contribution in [2.24, 2.45) is 0 Å². The Labute approximate surface area is 189 Å². The molecule has 0 bridgehead atoms. The molecule has 162 valence electrons. The van der Waals surface area contributed by atoms with Crippen LogP contribution in [0, 0.1) is 22.0 Å². The van der Waals surface area contributed by atoms with Gasteiger partial charge in [-0.3, -0.25) is 10.1 Å². The normalized spacial score (nSPS) is 10.2. The number of ether oxygens (including phenoxy) is 2. The molecule has 0 atom stereocenters. The van der Waals surface area contributed by atoms with Crippen molar-refractivity contribution in [2.45, 2.75) is 6.61 Å². The summed E-state index contributed by atoms with van der Waals surface area (Å²) in [7, 11) is 1.22. The number of aromatic nitrogens is 1. The summed E-state index contributed by atoms with van der Waals surface area (Å²) in [5.74, 6) is 5.52. The van der Waals surface area contributed by atoms with E-state index in [9.17, 15) is 14.9 Å². The fourth-order valence-corrected chi connectivity index (χ4v) is 3.22. The maximum atomic E-state index is 12.2. The Morgan fingerprint density at radius 2 is 1.64 bits per heavy atom. The van der Waals surface area contributed by atoms with Crippen LogP contribution < -0.4 is 4.74 Å². The minimum Gasteiger partial charge on any atom is -0.488 e. The molecule has 7 nitrogen and oxygen atoms in total. The monoisotopic (exact) mass is 438 g/mol. The van der Waals surface area contributed by atoms with E-state index in [4.69, 9.17) is 9.47 Å². The number of carbonyl (C=O) groups excluding carboxylic acids is 1. The van der Waals surface area contributed by atoms with Crippen molar-refractivity contribution >= 4 is 22.6 Å². The Morgan fingerprint density at radius 3 is 2.30 bits per heavy atom. The van der Waals surface area contributed by atoms with Crippen LogP contribution in [-0.2, 0) is 11.3 Å². The van der Waals surface area contributed by atoms with Gasteiger partial charge in [0.15, 0.2) is 11.2 Å². The molecule has 33 heavy (non-hydrogen) atoms. The third kappa shape index (κ3) is 4.97. The molecule has 0 spiro atoms. The number of esters is 1. The van der Waals surface area contributed by atoms with Crippen molar-refractivity contribution in [2.75, 3.05) is 7.11 Å². The molecule has 1 heterocycles. The number of methoxy groups -OCH3 is 1. The predicted molar refractivity (Wildman–Crippen MR) is 123 cm³/mol. The molecule has 1 aromatic heterocycles. The lowest BCUT2D eigenvalue weighted by Crippen LogP contribution is -2.07. The molecule has 0 fully saturated rings. The first kappa shape index (κ1) is 21.5. The van der Waals surface area contributed by atoms with Crippen molar-refractivity contribution in [3.63, 3.8) is 0 Å². The van der Waals surface area contributed by atoms with Gasteiger partial charge in [0.1, 0.15) is 12.4 Å². The summed E-state index contributed by atoms with van der Waals surface area (Å²) in [6.45, 7) is 0.203. The molecular formula is C26H18N2O5. The van der Waals surface area contributed by atoms with E-state index in [0.717, 1.165) is 11.1 Å². The summed E-state index contributed by atoms with van der Waals surface area (Å²) in [6.07, 6.45) is 0. The topological polar surface area (TPSA) is 91.6 Å². The number of nitrogens with zero attached hydrogens (tertiary/aromatic N) is 2. The van der Waals surface area contributed by atoms with E-state index >= 15 is 0 Å². The summed E-state index contributed by atoms with van der Waals surface area (Å²) in [4.78, 5) is 27.6. The predicted octanol–water partition coefficient (Wildman–Crippen LogP) is 4.91. The largest absolute Gasteiger partial charge is 0.488 e. The van der Waals surface area contributed by atoms with Crippen molar-refractivity contribution < 1.29 is 19.2 Å². The summed E-state index contributed by atoms with van der Waals surface area (Å²) in [5, 5.41) is 12.2. The Bertz CT molecular complexity index is 1390. The highest BCUT2D eigenvalue weighted by atomic mass is 16.6. The number of hydrogen-bond donors (Lipinski definition) is 0. The zero-order valence-corrected chi connectivity index (χ0v) is 17.6. The number of benzene rings is 3. The van der Waals surface area contributed by atoms with Crippen molar-refractivity contribution in [3.05, 3.63) is 111 Å². The van der Waals surface area contributed by atoms with Crippen LogP contribution in [0.2, 0.25) is 0 Å². The third-order valence-electron chi connectivity index (χ3n) is 4.81. The van der Waals surface area contributed by atoms with Crippen molar-refractivity contribution in [3.8, 4) is 17.6 Å². The number of hydrogen-bond acceptors (Lipinski definition) is 6. The highest BCUT2D eigenvalue weighted by Gasteiger charge is 2.22. The van der Waals surface area contributed by atoms with Crippen LogP contribution >= 0.6 is 0 Å². The number of pyridine rings is 1. The second-order valence-corrected chi connectivity index (χ2v) is 7.04. The number of fused-ring (bicyclic) bond motifs is 1. The van der Waals surface area contributed by atoms with Gasteiger partial charge in [0.05, 0.1) is 17.4 Å². The number of rotatable bonds is 5. The standard InChI is InChI=1S/C26H18N2O5/c1-32-26(29)22-16-24(33-17-19-10-6-3-7-11-19)21-14-20(13-12-18-8-4-2-5-9-18)15-23(28(30)31)25(21)27-22/h2-11,14-16H,17H2,1H3. The Morgan fingerprint density at radius 1 is 0.970 bits per heavy atom. The first-order chi connectivity index (χ1) is 16.0. The minimum absolute atomic E-state index is 0.0243. The number of non-ortho nitro benzene ring substituents is 1. The average Bonchev–Trinajstić information content (AvgIpc) is 2.86. The van der Waals surface area contributed by atoms with Gasteiger partial charge in [0.2, 0.25) is 0 Å². The van der Waals surface area contributed by atoms with E-state index in [1.165, 1.54) is 19.2 Å². The molecule has 0 amide bonds. The van der Waals surface area contributed by atoms with Crippen molar-refractivity contribution in [1.29, 1.82) is 0 Å². The lowest BCUT2D eigenvalue weighted by molar-refractivity contribution is -0.383. The fraction of sp³-hybridized carbons (Fsp3) is 0.0769. The second-order valence-electron chi connectivity index (χ2n) is 7.04. The summed E-state index contributed by atoms with van der Waals surface area (Å²) < 4.78 is 10.7. The maximum absolute atomic E-state index is 12.2. The average molecular weight is 438 g/mol. The first-order valence-electron chi connectivity index (χ1n) is 10.0. The number of nitro benzene ring substituents is 1. The minimum atomic E-state index is -0.719. The van der Waals surface area contributed by atoms with Gasteiger partial charge in [-0.2, -0.15) is 0 Å². The highest BCUT2D eigenvalue weighted by Crippen LogP contribution is 2.33. The quantitative estimate of drug-likeness (QED) is 0.190. The van der Waals surface area contributed by atoms with E-state index in [1.807, 2.05) is 60.7 Å². The van der Waals surface area contributed by atoms with Crippen LogP contribution in [0.3, 0.4) is 0 Å². The Kier molecular flexibility index (Phi) is 6.28. The lowest BCUT2D eigenvalue weighted by atomic mass is 10.1. The zero-order chi connectivity index (χ0) is 23.2. The molecule has 4 rings (SSSR count). The first-order valence-corrected chi connectivity index (χ1v) is 10.0. The molecule has 7 heteroatoms. The van der Waals surface area contributed by atoms with E-state index < -0.39 is 10.9 Å². The van der Waals surface area contributed by atoms with E-state index in [1.54, 1.807) is 6.07 Å². The van der Waals surface area contributed by atoms with Crippen LogP contribution in [-0.4, -0.2) is 23.0 Å². The molecule has 0 aliphatic carbocycles. The Hall–Kier alpha value is -4.70. The molecule has 0 unspecified atom stereocenters. The van der Waals surface area contributed by atoms with Gasteiger partial charge in [-0.05, 0) is 23.8 Å². The molecule has 0 radical (unpaired) electrons. The maximum Gasteiger partial charge on any atom is 0.356 e. The van der Waals surface area contributed by atoms with Gasteiger partial charge in [0.25, 0.3) is 5.69 Å². The van der Waals surface area contributed by atoms with Gasteiger partial charge in [0, 0.05) is 23.3 Å². The van der Waals surface area contributed by atoms with Gasteiger partial charge >= 0.3 is 5.97 Å². The van der Waals surface area contributed by atoms with Gasteiger partial charge < -0.3 is 9.47 Å². The van der Waals surface area contributed by atoms with Crippen LogP contribution in [0.25, 0.3) is 10.9 Å². The van der Waals surface area contributed by atoms with Crippen LogP contribution in [0.4, 0.5) is 5.69 Å². The summed E-state index contributed by atoms with van der Waals surface area (Å²) >= 11 is 0. The number of nitro groups is 1. The number of carbonyl (C=O) groups is 1. The molecule has 3 aromatic carbocycles. The van der Waals surface area contributed by atoms with Crippen LogP contribution in [0.1, 0.15) is 27.2 Å². The smallest absolute Gasteiger partial charge is 0.356 e. The molecule has 4 aromatic rings. The second kappa shape index (κ2) is 9.62. The SMILES string of the molecule is COC(=O)c1cc(OCc2ccccc2)c2cc(C#Cc3ccccc3)cc([N+](=O)[O-])c2n1. The van der Waals surface area contributed by atoms with Gasteiger partial charge in [-0.1, -0.05) is 60.4 Å². The third-order valence-corrected chi connectivity index (χ3v) is 4.81. The van der Waals surface area contributed by atoms with E-state index in [2.05, 4.69) is 16.8 Å². The molecule has 0 saturated carbocycles. The molecular weight excluding hydrogens is 420 g/mol. The van der Waals surface area contributed by atoms with E-state index in [0.29, 0.717) is 10.9 Å². The lowest BCUT2D eigenvalue weighted by Gasteiger charge is -2.12. The Balaban J connectivity index is 1.86. The molecule has 0 aliphatic heterocycles. The van der Waals surface area contributed by atoms with Crippen molar-refractivity contribution in [1.82, 2.24) is 4.98 Å². The van der Waals surface area contributed by atoms with Crippen LogP contribution in [0.15, 0.2) is 78.9 Å². The highest BCUT2D eigenvalue weighted by molar-refractivity contribution is 5.98. The summed E-state index contributed by atoms with van der Waals surface area (Å²) in [5.41, 5.74) is 1.77. The zero-order valence-electron chi connectivity index (χ0n) is 17.6. The molecule has 0 N–H and O–H groups in total. The molecule has 0 saturated heterocycles. The summed E-state index contributed by atoms with van der Waals surface area (Å²) in [6, 6.07) is 23.2. The molecule has 0 aliphatic rings. The van der Waals surface area contributed by atoms with Gasteiger partial charge in [-0.15, -0.1) is 0 Å². The fourth-order valence-electron chi connectivity index (χ4n) is 3.22. The van der Waals surface area contributed by atoms with E-state index in [-0.39, 0.29) is 29.3 Å². The van der Waals surface area contributed by atoms with Gasteiger partial charge in [-0.25, -0.2) is 9.78 Å².